The van der Waals surface area contributed by atoms with Crippen LogP contribution in [0.2, 0.25) is 10.0 Å². The molecular formula is C8H7Cl2N5O2S. The van der Waals surface area contributed by atoms with Crippen LogP contribution < -0.4 is 4.72 Å². The number of halogens is 2. The standard InChI is InChI=1S/C8H7Cl2N5O2S/c9-6-2-1-5(3-7(6)10)18(16,17)11-4-8-12-14-15-13-8/h1-3,11H,4H2,(H,12,13,14,15). The molecule has 10 heteroatoms. The van der Waals surface area contributed by atoms with Crippen LogP contribution in [0.25, 0.3) is 0 Å². The van der Waals surface area contributed by atoms with E-state index in [0.717, 1.165) is 0 Å². The molecule has 96 valence electrons. The number of H-pyrrole nitrogens is 1. The zero-order valence-electron chi connectivity index (χ0n) is 8.76. The number of nitrogens with one attached hydrogen (secondary N) is 2. The van der Waals surface area contributed by atoms with Crippen molar-refractivity contribution in [2.24, 2.45) is 0 Å². The number of tetrazole rings is 1. The molecule has 0 bridgehead atoms. The molecule has 0 aliphatic carbocycles. The summed E-state index contributed by atoms with van der Waals surface area (Å²) in [5.74, 6) is 0.235. The van der Waals surface area contributed by atoms with Gasteiger partial charge in [0.15, 0.2) is 5.82 Å². The molecule has 7 nitrogen and oxygen atoms in total. The van der Waals surface area contributed by atoms with Crippen LogP contribution in [0.4, 0.5) is 0 Å². The summed E-state index contributed by atoms with van der Waals surface area (Å²) < 4.78 is 26.1. The fourth-order valence-corrected chi connectivity index (χ4v) is 2.51. The number of hydrogen-bond acceptors (Lipinski definition) is 5. The normalized spacial score (nSPS) is 11.7. The van der Waals surface area contributed by atoms with Gasteiger partial charge in [-0.3, -0.25) is 0 Å². The van der Waals surface area contributed by atoms with Gasteiger partial charge in [-0.15, -0.1) is 10.2 Å². The molecular weight excluding hydrogens is 301 g/mol. The molecule has 1 aromatic heterocycles. The van der Waals surface area contributed by atoms with Gasteiger partial charge in [0.25, 0.3) is 0 Å². The second kappa shape index (κ2) is 5.19. The van der Waals surface area contributed by atoms with Gasteiger partial charge in [-0.25, -0.2) is 13.1 Å². The summed E-state index contributed by atoms with van der Waals surface area (Å²) in [6.07, 6.45) is 0. The molecule has 1 heterocycles. The van der Waals surface area contributed by atoms with E-state index in [0.29, 0.717) is 0 Å². The Morgan fingerprint density at radius 1 is 1.28 bits per heavy atom. The number of rotatable bonds is 4. The Bertz CT molecular complexity index is 644. The van der Waals surface area contributed by atoms with Crippen LogP contribution in [0.15, 0.2) is 23.1 Å². The van der Waals surface area contributed by atoms with Gasteiger partial charge >= 0.3 is 0 Å². The molecule has 0 amide bonds. The van der Waals surface area contributed by atoms with Crippen LogP contribution in [0.5, 0.6) is 0 Å². The highest BCUT2D eigenvalue weighted by Gasteiger charge is 2.16. The Kier molecular flexibility index (Phi) is 3.81. The summed E-state index contributed by atoms with van der Waals surface area (Å²) in [5, 5.41) is 13.2. The fourth-order valence-electron chi connectivity index (χ4n) is 1.14. The summed E-state index contributed by atoms with van der Waals surface area (Å²) in [4.78, 5) is 0.0143. The molecule has 0 aliphatic heterocycles. The first-order valence-electron chi connectivity index (χ1n) is 4.66. The van der Waals surface area contributed by atoms with E-state index >= 15 is 0 Å². The maximum absolute atomic E-state index is 11.9. The Morgan fingerprint density at radius 3 is 2.67 bits per heavy atom. The van der Waals surface area contributed by atoms with Crippen molar-refractivity contribution >= 4 is 33.2 Å². The Morgan fingerprint density at radius 2 is 2.06 bits per heavy atom. The third-order valence-corrected chi connectivity index (χ3v) is 4.15. The Balaban J connectivity index is 2.17. The number of sulfonamides is 1. The third kappa shape index (κ3) is 2.96. The van der Waals surface area contributed by atoms with E-state index in [4.69, 9.17) is 23.2 Å². The molecule has 18 heavy (non-hydrogen) atoms. The van der Waals surface area contributed by atoms with Crippen LogP contribution in [0.3, 0.4) is 0 Å². The minimum absolute atomic E-state index is 0.0143. The fraction of sp³-hybridized carbons (Fsp3) is 0.125. The van der Waals surface area contributed by atoms with E-state index in [1.165, 1.54) is 18.2 Å². The summed E-state index contributed by atoms with van der Waals surface area (Å²) in [7, 11) is -3.69. The first kappa shape index (κ1) is 13.2. The number of hydrogen-bond donors (Lipinski definition) is 2. The lowest BCUT2D eigenvalue weighted by molar-refractivity contribution is 0.579. The van der Waals surface area contributed by atoms with E-state index in [2.05, 4.69) is 25.3 Å². The predicted octanol–water partition coefficient (Wildman–Crippen LogP) is 0.985. The summed E-state index contributed by atoms with van der Waals surface area (Å²) in [6, 6.07) is 4.03. The van der Waals surface area contributed by atoms with Crippen molar-refractivity contribution in [1.29, 1.82) is 0 Å². The molecule has 0 aliphatic rings. The van der Waals surface area contributed by atoms with Gasteiger partial charge in [-0.1, -0.05) is 28.4 Å². The molecule has 0 saturated heterocycles. The van der Waals surface area contributed by atoms with Gasteiger partial charge in [0.05, 0.1) is 21.5 Å². The summed E-state index contributed by atoms with van der Waals surface area (Å²) >= 11 is 11.5. The Labute approximate surface area is 113 Å². The van der Waals surface area contributed by atoms with E-state index < -0.39 is 10.0 Å². The molecule has 0 atom stereocenters. The smallest absolute Gasteiger partial charge is 0.207 e. The first-order chi connectivity index (χ1) is 8.49. The molecule has 0 unspecified atom stereocenters. The van der Waals surface area contributed by atoms with E-state index in [-0.39, 0.29) is 27.3 Å². The SMILES string of the molecule is O=S(=O)(NCc1nn[nH]n1)c1ccc(Cl)c(Cl)c1. The minimum Gasteiger partial charge on any atom is -0.207 e. The highest BCUT2D eigenvalue weighted by atomic mass is 35.5. The van der Waals surface area contributed by atoms with Gasteiger partial charge in [-0.2, -0.15) is 5.21 Å². The second-order valence-corrected chi connectivity index (χ2v) is 5.81. The highest BCUT2D eigenvalue weighted by Crippen LogP contribution is 2.24. The minimum atomic E-state index is -3.69. The van der Waals surface area contributed by atoms with E-state index in [9.17, 15) is 8.42 Å². The van der Waals surface area contributed by atoms with Crippen LogP contribution in [0, 0.1) is 0 Å². The van der Waals surface area contributed by atoms with Crippen molar-refractivity contribution in [1.82, 2.24) is 25.3 Å². The van der Waals surface area contributed by atoms with Gasteiger partial charge in [0.1, 0.15) is 0 Å². The molecule has 2 aromatic rings. The van der Waals surface area contributed by atoms with Gasteiger partial charge < -0.3 is 0 Å². The molecule has 1 aromatic carbocycles. The molecule has 0 saturated carbocycles. The second-order valence-electron chi connectivity index (χ2n) is 3.23. The number of nitrogens with zero attached hydrogens (tertiary/aromatic N) is 3. The molecule has 2 N–H and O–H groups in total. The first-order valence-corrected chi connectivity index (χ1v) is 6.90. The lowest BCUT2D eigenvalue weighted by Crippen LogP contribution is -2.23. The molecule has 0 spiro atoms. The average molecular weight is 308 g/mol. The van der Waals surface area contributed by atoms with Crippen LogP contribution in [0.1, 0.15) is 5.82 Å². The lowest BCUT2D eigenvalue weighted by atomic mass is 10.4. The maximum atomic E-state index is 11.9. The zero-order valence-corrected chi connectivity index (χ0v) is 11.1. The van der Waals surface area contributed by atoms with Crippen molar-refractivity contribution in [3.8, 4) is 0 Å². The van der Waals surface area contributed by atoms with Crippen molar-refractivity contribution in [3.05, 3.63) is 34.1 Å². The summed E-state index contributed by atoms with van der Waals surface area (Å²) in [6.45, 7) is -0.0704. The monoisotopic (exact) mass is 307 g/mol. The van der Waals surface area contributed by atoms with Gasteiger partial charge in [0, 0.05) is 0 Å². The predicted molar refractivity (Wildman–Crippen MR) is 64.7 cm³/mol. The summed E-state index contributed by atoms with van der Waals surface area (Å²) in [5.41, 5.74) is 0. The van der Waals surface area contributed by atoms with Crippen molar-refractivity contribution in [2.75, 3.05) is 0 Å². The van der Waals surface area contributed by atoms with Crippen LogP contribution >= 0.6 is 23.2 Å². The maximum Gasteiger partial charge on any atom is 0.241 e. The van der Waals surface area contributed by atoms with Crippen molar-refractivity contribution in [2.45, 2.75) is 11.4 Å². The van der Waals surface area contributed by atoms with Crippen LogP contribution in [-0.2, 0) is 16.6 Å². The molecule has 0 fully saturated rings. The van der Waals surface area contributed by atoms with Crippen molar-refractivity contribution in [3.63, 3.8) is 0 Å². The zero-order chi connectivity index (χ0) is 13.2. The van der Waals surface area contributed by atoms with E-state index in [1.54, 1.807) is 0 Å². The van der Waals surface area contributed by atoms with Crippen LogP contribution in [-0.4, -0.2) is 29.0 Å². The van der Waals surface area contributed by atoms with E-state index in [1.807, 2.05) is 0 Å². The largest absolute Gasteiger partial charge is 0.241 e. The molecule has 0 radical (unpaired) electrons. The topological polar surface area (TPSA) is 101 Å². The lowest BCUT2D eigenvalue weighted by Gasteiger charge is -2.05. The average Bonchev–Trinajstić information content (AvgIpc) is 2.83. The van der Waals surface area contributed by atoms with Crippen molar-refractivity contribution < 1.29 is 8.42 Å². The molecule has 2 rings (SSSR count). The number of benzene rings is 1. The number of aromatic amines is 1. The van der Waals surface area contributed by atoms with Gasteiger partial charge in [0.2, 0.25) is 10.0 Å². The Hall–Kier alpha value is -1.22. The number of aromatic nitrogens is 4. The van der Waals surface area contributed by atoms with Gasteiger partial charge in [-0.05, 0) is 18.2 Å². The third-order valence-electron chi connectivity index (χ3n) is 2.01. The highest BCUT2D eigenvalue weighted by molar-refractivity contribution is 7.89. The quantitative estimate of drug-likeness (QED) is 0.877.